The van der Waals surface area contributed by atoms with E-state index in [4.69, 9.17) is 5.73 Å². The number of aromatic carboxylic acids is 1. The van der Waals surface area contributed by atoms with Crippen LogP contribution in [0.25, 0.3) is 21.6 Å². The average Bonchev–Trinajstić information content (AvgIpc) is 3.37. The first-order valence-corrected chi connectivity index (χ1v) is 14.3. The van der Waals surface area contributed by atoms with E-state index in [9.17, 15) is 19.5 Å². The lowest BCUT2D eigenvalue weighted by molar-refractivity contribution is 0.0691. The Labute approximate surface area is 241 Å². The molecule has 10 heteroatoms. The normalized spacial score (nSPS) is 12.0. The van der Waals surface area contributed by atoms with Crippen molar-refractivity contribution in [2.24, 2.45) is 5.73 Å². The molecule has 0 saturated carbocycles. The molecule has 6 N–H and O–H groups in total. The van der Waals surface area contributed by atoms with Crippen LogP contribution in [0.2, 0.25) is 0 Å². The number of aromatic nitrogens is 1. The zero-order valence-corrected chi connectivity index (χ0v) is 23.7. The molecule has 0 bridgehead atoms. The van der Waals surface area contributed by atoms with Crippen molar-refractivity contribution in [1.82, 2.24) is 10.3 Å². The predicted molar refractivity (Wildman–Crippen MR) is 162 cm³/mol. The molecule has 0 atom stereocenters. The fourth-order valence-corrected chi connectivity index (χ4v) is 5.91. The molecule has 1 aliphatic heterocycles. The molecule has 2 aromatic heterocycles. The minimum Gasteiger partial charge on any atom is -0.476 e. The number of fused-ring (bicyclic) bond motifs is 3. The highest BCUT2D eigenvalue weighted by Gasteiger charge is 2.26. The number of rotatable bonds is 8. The molecule has 2 aromatic carbocycles. The Balaban J connectivity index is 1.66. The molecule has 0 radical (unpaired) electrons. The Bertz CT molecular complexity index is 1660. The molecule has 0 aliphatic carbocycles. The van der Waals surface area contributed by atoms with Crippen molar-refractivity contribution in [3.05, 3.63) is 87.6 Å². The van der Waals surface area contributed by atoms with Crippen LogP contribution in [-0.4, -0.2) is 41.0 Å². The molecular formula is C31H31N5O4S. The van der Waals surface area contributed by atoms with Gasteiger partial charge in [0, 0.05) is 52.6 Å². The van der Waals surface area contributed by atoms with E-state index in [0.717, 1.165) is 40.1 Å². The third-order valence-corrected chi connectivity index (χ3v) is 8.02. The maximum absolute atomic E-state index is 13.9. The van der Waals surface area contributed by atoms with Crippen molar-refractivity contribution < 1.29 is 19.5 Å². The number of nitrogens with two attached hydrogens (primary N) is 1. The number of benzene rings is 2. The standard InChI is InChI=1S/C31H31N5O4S/c1-3-10-34-30(38)25-7-5-20(27(35-25)31(39)40)21-15-26-23(28-19(8-11-33-26)9-12-41-28)14-22(21)29(37)36-24-6-4-18(16-32)13-17(24)2/h4-7,9,12-15,33H,3,8,10-11,16,32H2,1-2H3,(H,34,38)(H,36,37)(H,39,40). The second kappa shape index (κ2) is 11.9. The van der Waals surface area contributed by atoms with Crippen molar-refractivity contribution in [3.63, 3.8) is 0 Å². The van der Waals surface area contributed by atoms with Gasteiger partial charge in [0.05, 0.1) is 0 Å². The van der Waals surface area contributed by atoms with Crippen LogP contribution in [0.1, 0.15) is 61.4 Å². The number of carboxylic acid groups (broad SMARTS) is 1. The van der Waals surface area contributed by atoms with E-state index in [1.807, 2.05) is 49.6 Å². The summed E-state index contributed by atoms with van der Waals surface area (Å²) in [5.74, 6) is -2.15. The van der Waals surface area contributed by atoms with Gasteiger partial charge in [0.2, 0.25) is 0 Å². The first-order valence-electron chi connectivity index (χ1n) is 13.4. The van der Waals surface area contributed by atoms with Crippen LogP contribution in [0.3, 0.4) is 0 Å². The number of aryl methyl sites for hydroxylation is 1. The van der Waals surface area contributed by atoms with Crippen molar-refractivity contribution in [2.45, 2.75) is 33.2 Å². The van der Waals surface area contributed by atoms with E-state index in [1.54, 1.807) is 17.4 Å². The lowest BCUT2D eigenvalue weighted by atomic mass is 9.93. The number of nitrogens with one attached hydrogen (secondary N) is 3. The number of carbonyl (C=O) groups is 3. The van der Waals surface area contributed by atoms with Crippen molar-refractivity contribution in [3.8, 4) is 21.6 Å². The SMILES string of the molecule is CCCNC(=O)c1ccc(-c2cc3c(cc2C(=O)Nc2ccc(CN)cc2C)-c2sccc2CCN3)c(C(=O)O)n1. The predicted octanol–water partition coefficient (Wildman–Crippen LogP) is 5.30. The molecule has 3 heterocycles. The van der Waals surface area contributed by atoms with Crippen LogP contribution in [0.15, 0.2) is 53.9 Å². The lowest BCUT2D eigenvalue weighted by Gasteiger charge is -2.18. The molecule has 0 unspecified atom stereocenters. The minimum absolute atomic E-state index is 0.00247. The van der Waals surface area contributed by atoms with Gasteiger partial charge >= 0.3 is 5.97 Å². The van der Waals surface area contributed by atoms with Crippen LogP contribution >= 0.6 is 11.3 Å². The van der Waals surface area contributed by atoms with Crippen molar-refractivity contribution >= 4 is 40.5 Å². The summed E-state index contributed by atoms with van der Waals surface area (Å²) in [6.45, 7) is 5.34. The molecular weight excluding hydrogens is 538 g/mol. The zero-order chi connectivity index (χ0) is 29.1. The Hall–Kier alpha value is -4.54. The summed E-state index contributed by atoms with van der Waals surface area (Å²) in [6.07, 6.45) is 1.55. The van der Waals surface area contributed by atoms with E-state index in [2.05, 4.69) is 27.0 Å². The highest BCUT2D eigenvalue weighted by atomic mass is 32.1. The molecule has 41 heavy (non-hydrogen) atoms. The van der Waals surface area contributed by atoms with Crippen molar-refractivity contribution in [2.75, 3.05) is 23.7 Å². The van der Waals surface area contributed by atoms with Gasteiger partial charge in [0.15, 0.2) is 5.69 Å². The van der Waals surface area contributed by atoms with Gasteiger partial charge in [0.25, 0.3) is 11.8 Å². The van der Waals surface area contributed by atoms with Gasteiger partial charge in [-0.2, -0.15) is 0 Å². The molecule has 4 aromatic rings. The zero-order valence-electron chi connectivity index (χ0n) is 22.8. The molecule has 2 amide bonds. The number of carbonyl (C=O) groups excluding carboxylic acids is 2. The van der Waals surface area contributed by atoms with Gasteiger partial charge < -0.3 is 26.8 Å². The fraction of sp³-hybridized carbons (Fsp3) is 0.226. The maximum atomic E-state index is 13.9. The van der Waals surface area contributed by atoms with Crippen molar-refractivity contribution in [1.29, 1.82) is 0 Å². The molecule has 5 rings (SSSR count). The summed E-state index contributed by atoms with van der Waals surface area (Å²) < 4.78 is 0. The number of pyridine rings is 1. The molecule has 0 fully saturated rings. The van der Waals surface area contributed by atoms with Gasteiger partial charge in [-0.15, -0.1) is 11.3 Å². The van der Waals surface area contributed by atoms with Crippen LogP contribution in [0, 0.1) is 6.92 Å². The molecule has 210 valence electrons. The van der Waals surface area contributed by atoms with E-state index in [-0.39, 0.29) is 17.0 Å². The number of hydrogen-bond acceptors (Lipinski definition) is 7. The fourth-order valence-electron chi connectivity index (χ4n) is 4.92. The molecule has 0 saturated heterocycles. The highest BCUT2D eigenvalue weighted by molar-refractivity contribution is 7.13. The van der Waals surface area contributed by atoms with Crippen LogP contribution in [0.5, 0.6) is 0 Å². The number of anilines is 2. The second-order valence-electron chi connectivity index (χ2n) is 9.86. The van der Waals surface area contributed by atoms with Gasteiger partial charge in [-0.25, -0.2) is 9.78 Å². The number of amides is 2. The number of thiophene rings is 1. The Morgan fingerprint density at radius 1 is 1.05 bits per heavy atom. The minimum atomic E-state index is -1.30. The summed E-state index contributed by atoms with van der Waals surface area (Å²) in [5.41, 5.74) is 11.7. The maximum Gasteiger partial charge on any atom is 0.355 e. The van der Waals surface area contributed by atoms with E-state index in [0.29, 0.717) is 36.4 Å². The van der Waals surface area contributed by atoms with Gasteiger partial charge in [0.1, 0.15) is 5.69 Å². The van der Waals surface area contributed by atoms with E-state index < -0.39 is 17.8 Å². The van der Waals surface area contributed by atoms with Gasteiger partial charge in [-0.3, -0.25) is 9.59 Å². The first kappa shape index (κ1) is 28.0. The second-order valence-corrected chi connectivity index (χ2v) is 10.8. The third-order valence-electron chi connectivity index (χ3n) is 7.03. The van der Waals surface area contributed by atoms with Crippen LogP contribution in [-0.2, 0) is 13.0 Å². The van der Waals surface area contributed by atoms with Crippen LogP contribution in [0.4, 0.5) is 11.4 Å². The van der Waals surface area contributed by atoms with Gasteiger partial charge in [-0.1, -0.05) is 19.1 Å². The summed E-state index contributed by atoms with van der Waals surface area (Å²) in [7, 11) is 0. The monoisotopic (exact) mass is 569 g/mol. The third kappa shape index (κ3) is 5.70. The lowest BCUT2D eigenvalue weighted by Crippen LogP contribution is -2.25. The Kier molecular flexibility index (Phi) is 8.14. The smallest absolute Gasteiger partial charge is 0.355 e. The average molecular weight is 570 g/mol. The van der Waals surface area contributed by atoms with E-state index in [1.165, 1.54) is 11.6 Å². The highest BCUT2D eigenvalue weighted by Crippen LogP contribution is 2.42. The summed E-state index contributed by atoms with van der Waals surface area (Å²) in [5, 5.41) is 21.3. The summed E-state index contributed by atoms with van der Waals surface area (Å²) >= 11 is 1.60. The van der Waals surface area contributed by atoms with Crippen LogP contribution < -0.4 is 21.7 Å². The molecule has 0 spiro atoms. The summed E-state index contributed by atoms with van der Waals surface area (Å²) in [4.78, 5) is 44.2. The molecule has 1 aliphatic rings. The number of carboxylic acids is 1. The quantitative estimate of drug-likeness (QED) is 0.193. The largest absolute Gasteiger partial charge is 0.476 e. The molecule has 9 nitrogen and oxygen atoms in total. The Morgan fingerprint density at radius 3 is 2.61 bits per heavy atom. The Morgan fingerprint density at radius 2 is 1.88 bits per heavy atom. The number of nitrogens with zero attached hydrogens (tertiary/aromatic N) is 1. The van der Waals surface area contributed by atoms with E-state index >= 15 is 0 Å². The summed E-state index contributed by atoms with van der Waals surface area (Å²) in [6, 6.07) is 14.3. The van der Waals surface area contributed by atoms with Gasteiger partial charge in [-0.05, 0) is 83.8 Å². The topological polar surface area (TPSA) is 146 Å². The first-order chi connectivity index (χ1) is 19.8. The number of hydrogen-bond donors (Lipinski definition) is 5.